The van der Waals surface area contributed by atoms with Gasteiger partial charge in [-0.2, -0.15) is 0 Å². The molecule has 1 heterocycles. The number of carbonyl (C=O) groups is 5. The van der Waals surface area contributed by atoms with Crippen molar-refractivity contribution in [1.29, 1.82) is 0 Å². The quantitative estimate of drug-likeness (QED) is 0.144. The van der Waals surface area contributed by atoms with Gasteiger partial charge in [0, 0.05) is 11.3 Å². The molecule has 4 saturated carbocycles. The van der Waals surface area contributed by atoms with Gasteiger partial charge in [-0.3, -0.25) is 14.4 Å². The predicted molar refractivity (Wildman–Crippen MR) is 238 cm³/mol. The molecule has 5 N–H and O–H groups in total. The van der Waals surface area contributed by atoms with Crippen LogP contribution in [0.4, 0.5) is 0 Å². The van der Waals surface area contributed by atoms with E-state index in [1.54, 1.807) is 48.5 Å². The van der Waals surface area contributed by atoms with Crippen LogP contribution < -0.4 is 10.6 Å². The van der Waals surface area contributed by atoms with E-state index in [2.05, 4.69) is 52.2 Å². The summed E-state index contributed by atoms with van der Waals surface area (Å²) >= 11 is 0. The third kappa shape index (κ3) is 8.73. The van der Waals surface area contributed by atoms with Crippen LogP contribution in [0.15, 0.2) is 11.6 Å². The largest absolute Gasteiger partial charge is 0.458 e. The van der Waals surface area contributed by atoms with Crippen LogP contribution in [0.5, 0.6) is 0 Å². The lowest BCUT2D eigenvalue weighted by molar-refractivity contribution is -0.321. The van der Waals surface area contributed by atoms with Crippen LogP contribution in [0, 0.1) is 50.2 Å². The van der Waals surface area contributed by atoms with Gasteiger partial charge in [0.2, 0.25) is 5.91 Å². The minimum atomic E-state index is -1.79. The van der Waals surface area contributed by atoms with Gasteiger partial charge in [0.1, 0.15) is 41.6 Å². The molecule has 0 bridgehead atoms. The van der Waals surface area contributed by atoms with Crippen molar-refractivity contribution < 1.29 is 58.2 Å². The van der Waals surface area contributed by atoms with Crippen molar-refractivity contribution in [1.82, 2.24) is 10.6 Å². The molecule has 1 aliphatic heterocycles. The fourth-order valence-electron chi connectivity index (χ4n) is 13.5. The van der Waals surface area contributed by atoms with Crippen molar-refractivity contribution in [3.63, 3.8) is 0 Å². The molecular weight excluding hydrogens is 821 g/mol. The average Bonchev–Trinajstić information content (AvgIpc) is 3.15. The maximum Gasteiger partial charge on any atom is 0.328 e. The van der Waals surface area contributed by atoms with Crippen molar-refractivity contribution in [2.24, 2.45) is 50.2 Å². The van der Waals surface area contributed by atoms with Crippen molar-refractivity contribution in [3.05, 3.63) is 11.6 Å². The Kier molecular flexibility index (Phi) is 13.2. The van der Waals surface area contributed by atoms with Gasteiger partial charge in [0.25, 0.3) is 5.91 Å². The molecule has 0 aromatic heterocycles. The minimum Gasteiger partial charge on any atom is -0.458 e. The number of rotatable bonds is 8. The van der Waals surface area contributed by atoms with Crippen LogP contribution in [0.25, 0.3) is 0 Å². The smallest absolute Gasteiger partial charge is 0.328 e. The lowest BCUT2D eigenvalue weighted by Gasteiger charge is -2.70. The molecule has 6 rings (SSSR count). The topological polar surface area (TPSA) is 207 Å². The fraction of sp³-hybridized carbons (Fsp3) is 0.860. The van der Waals surface area contributed by atoms with Gasteiger partial charge in [-0.05, 0) is 158 Å². The number of allylic oxidation sites excluding steroid dienone is 2. The number of esters is 2. The zero-order valence-corrected chi connectivity index (χ0v) is 41.3. The first-order chi connectivity index (χ1) is 29.1. The normalized spacial score (nSPS) is 42.8. The number of aliphatic hydroxyl groups is 3. The first kappa shape index (κ1) is 50.5. The monoisotopic (exact) mass is 901 g/mol. The summed E-state index contributed by atoms with van der Waals surface area (Å²) in [7, 11) is 0. The van der Waals surface area contributed by atoms with Gasteiger partial charge in [-0.25, -0.2) is 9.59 Å². The Morgan fingerprint density at radius 2 is 1.31 bits per heavy atom. The minimum absolute atomic E-state index is 0.0163. The van der Waals surface area contributed by atoms with Gasteiger partial charge >= 0.3 is 11.9 Å². The number of ether oxygens (including phenoxy) is 4. The second-order valence-corrected chi connectivity index (χ2v) is 24.6. The lowest BCUT2D eigenvalue weighted by atomic mass is 9.33. The SMILES string of the molecule is C[C@H](NC(=O)[C@@]1(C)CC[C@]2(C)CC[C@]3(C)C(=CC(=O)C4[C@@]5(C)CCC(OC6O[C@H](C(=O)N[C@H](C)C(=O)OC(C)(C)C)[C@@H](O)[C@H](O)[C@H]6O)C(C)(C)C5CC[C@]43C)C2C1)C(=O)OC(C)(C)C. The highest BCUT2D eigenvalue weighted by Gasteiger charge is 2.70. The van der Waals surface area contributed by atoms with Crippen LogP contribution in [0.3, 0.4) is 0 Å². The number of fused-ring (bicyclic) bond motifs is 7. The molecule has 0 aromatic rings. The van der Waals surface area contributed by atoms with Gasteiger partial charge in [-0.15, -0.1) is 0 Å². The third-order valence-electron chi connectivity index (χ3n) is 17.4. The Balaban J connectivity index is 1.21. The molecule has 16 atom stereocenters. The molecule has 5 aliphatic carbocycles. The molecule has 2 amide bonds. The molecule has 14 heteroatoms. The number of amides is 2. The number of carbonyl (C=O) groups excluding carboxylic acids is 5. The van der Waals surface area contributed by atoms with Gasteiger partial charge in [0.15, 0.2) is 18.2 Å². The molecule has 1 saturated heterocycles. The zero-order valence-electron chi connectivity index (χ0n) is 41.3. The number of nitrogens with one attached hydrogen (secondary N) is 2. The first-order valence-electron chi connectivity index (χ1n) is 23.8. The number of aliphatic hydroxyl groups excluding tert-OH is 3. The second kappa shape index (κ2) is 16.7. The number of hydrogen-bond acceptors (Lipinski definition) is 12. The van der Waals surface area contributed by atoms with E-state index in [0.29, 0.717) is 25.7 Å². The fourth-order valence-corrected chi connectivity index (χ4v) is 13.5. The van der Waals surface area contributed by atoms with Crippen molar-refractivity contribution in [2.45, 2.75) is 222 Å². The molecule has 5 unspecified atom stereocenters. The summed E-state index contributed by atoms with van der Waals surface area (Å²) in [4.78, 5) is 68.1. The Morgan fingerprint density at radius 1 is 0.750 bits per heavy atom. The van der Waals surface area contributed by atoms with E-state index in [-0.39, 0.29) is 45.7 Å². The van der Waals surface area contributed by atoms with E-state index in [0.717, 1.165) is 32.1 Å². The van der Waals surface area contributed by atoms with Gasteiger partial charge in [0.05, 0.1) is 6.10 Å². The maximum atomic E-state index is 15.1. The molecule has 14 nitrogen and oxygen atoms in total. The van der Waals surface area contributed by atoms with E-state index in [1.807, 2.05) is 13.0 Å². The van der Waals surface area contributed by atoms with E-state index in [9.17, 15) is 34.5 Å². The number of hydrogen-bond donors (Lipinski definition) is 5. The van der Waals surface area contributed by atoms with Crippen molar-refractivity contribution >= 4 is 29.5 Å². The van der Waals surface area contributed by atoms with E-state index in [1.165, 1.54) is 12.5 Å². The highest BCUT2D eigenvalue weighted by molar-refractivity contribution is 5.96. The Bertz CT molecular complexity index is 1900. The van der Waals surface area contributed by atoms with Crippen molar-refractivity contribution in [2.75, 3.05) is 0 Å². The Morgan fingerprint density at radius 3 is 1.89 bits per heavy atom. The summed E-state index contributed by atoms with van der Waals surface area (Å²) in [6, 6.07) is -1.88. The molecule has 64 heavy (non-hydrogen) atoms. The predicted octanol–water partition coefficient (Wildman–Crippen LogP) is 5.85. The highest BCUT2D eigenvalue weighted by Crippen LogP contribution is 2.75. The van der Waals surface area contributed by atoms with Crippen LogP contribution in [0.1, 0.15) is 162 Å². The van der Waals surface area contributed by atoms with E-state index >= 15 is 4.79 Å². The molecule has 6 aliphatic rings. The van der Waals surface area contributed by atoms with Gasteiger partial charge < -0.3 is 44.9 Å². The molecule has 0 radical (unpaired) electrons. The summed E-state index contributed by atoms with van der Waals surface area (Å²) in [6.07, 6.45) is -0.0339. The molecule has 5 fully saturated rings. The zero-order chi connectivity index (χ0) is 48.1. The second-order valence-electron chi connectivity index (χ2n) is 24.6. The number of ketones is 1. The molecular formula is C50H80N2O12. The van der Waals surface area contributed by atoms with Crippen molar-refractivity contribution in [3.8, 4) is 0 Å². The summed E-state index contributed by atoms with van der Waals surface area (Å²) in [5.41, 5.74) is -2.74. The molecule has 0 aromatic carbocycles. The van der Waals surface area contributed by atoms with Crippen LogP contribution in [-0.2, 0) is 42.9 Å². The van der Waals surface area contributed by atoms with Gasteiger partial charge in [-0.1, -0.05) is 54.0 Å². The summed E-state index contributed by atoms with van der Waals surface area (Å²) in [5.74, 6) is -2.28. The van der Waals surface area contributed by atoms with Crippen LogP contribution >= 0.6 is 0 Å². The van der Waals surface area contributed by atoms with Crippen LogP contribution in [-0.4, -0.2) is 105 Å². The Hall–Kier alpha value is -2.91. The first-order valence-corrected chi connectivity index (χ1v) is 23.8. The molecule has 0 spiro atoms. The lowest BCUT2D eigenvalue weighted by Crippen LogP contribution is -2.67. The third-order valence-corrected chi connectivity index (χ3v) is 17.4. The summed E-state index contributed by atoms with van der Waals surface area (Å²) < 4.78 is 23.4. The maximum absolute atomic E-state index is 15.1. The summed E-state index contributed by atoms with van der Waals surface area (Å²) in [5, 5.41) is 38.4. The van der Waals surface area contributed by atoms with E-state index < -0.39 is 94.2 Å². The van der Waals surface area contributed by atoms with Crippen LogP contribution in [0.2, 0.25) is 0 Å². The van der Waals surface area contributed by atoms with E-state index in [4.69, 9.17) is 18.9 Å². The molecule has 362 valence electrons. The highest BCUT2D eigenvalue weighted by atomic mass is 16.7. The average molecular weight is 901 g/mol. The Labute approximate surface area is 381 Å². The standard InChI is InChI=1S/C50H80N2O12/c1-26(39(58)63-43(3,4)5)51-38(57)36-34(55)33(54)35(56)41(62-36)61-32-17-18-48(13)31(45(32,9)10)16-19-50(15)37(48)30(53)24-28-29-25-47(12,21-20-46(29,11)22-23-49(28,50)14)42(60)52-27(2)40(59)64-44(6,7)8/h24,26-27,29,31-37,41,54-56H,16-23,25H2,1-15H3,(H,51,57)(H,52,60)/t26-,27+,29?,31?,32?,33+,34+,35-,36+,37?,41?,46-,47+,48+,49-,50-/m1/s1. The summed E-state index contributed by atoms with van der Waals surface area (Å²) in [6.45, 7) is 29.2.